The van der Waals surface area contributed by atoms with E-state index in [2.05, 4.69) is 103 Å². The van der Waals surface area contributed by atoms with Gasteiger partial charge in [0.25, 0.3) is 0 Å². The summed E-state index contributed by atoms with van der Waals surface area (Å²) >= 11 is 0. The van der Waals surface area contributed by atoms with E-state index in [4.69, 9.17) is 0 Å². The number of anilines is 2. The van der Waals surface area contributed by atoms with Crippen LogP contribution in [0.1, 0.15) is 30.7 Å². The van der Waals surface area contributed by atoms with E-state index in [-0.39, 0.29) is 5.41 Å². The molecule has 0 spiro atoms. The average molecular weight is 377 g/mol. The highest BCUT2D eigenvalue weighted by atomic mass is 14.9. The van der Waals surface area contributed by atoms with E-state index in [1.54, 1.807) is 0 Å². The molecular formula is C27H24N2. The number of nitrogens with zero attached hydrogens (tertiary/aromatic N) is 1. The predicted molar refractivity (Wildman–Crippen MR) is 122 cm³/mol. The maximum absolute atomic E-state index is 4.47. The number of hydrogen-bond donors (Lipinski definition) is 1. The van der Waals surface area contributed by atoms with Crippen molar-refractivity contribution in [3.8, 4) is 22.3 Å². The van der Waals surface area contributed by atoms with Gasteiger partial charge in [0.1, 0.15) is 0 Å². The van der Waals surface area contributed by atoms with Crippen molar-refractivity contribution in [3.05, 3.63) is 102 Å². The van der Waals surface area contributed by atoms with Crippen molar-refractivity contribution in [1.82, 2.24) is 4.98 Å². The van der Waals surface area contributed by atoms with E-state index < -0.39 is 0 Å². The minimum absolute atomic E-state index is 0.00398. The molecule has 29 heavy (non-hydrogen) atoms. The van der Waals surface area contributed by atoms with Crippen LogP contribution in [-0.2, 0) is 5.41 Å². The Balaban J connectivity index is 1.54. The predicted octanol–water partition coefficient (Wildman–Crippen LogP) is 7.11. The second-order valence-corrected chi connectivity index (χ2v) is 8.29. The number of nitrogens with one attached hydrogen (secondary N) is 1. The number of pyridine rings is 1. The van der Waals surface area contributed by atoms with Crippen molar-refractivity contribution in [2.45, 2.75) is 26.2 Å². The summed E-state index contributed by atoms with van der Waals surface area (Å²) in [5, 5.41) is 3.65. The van der Waals surface area contributed by atoms with E-state index in [0.29, 0.717) is 0 Å². The molecule has 0 amide bonds. The number of aromatic nitrogens is 1. The van der Waals surface area contributed by atoms with Gasteiger partial charge in [0.2, 0.25) is 0 Å². The zero-order chi connectivity index (χ0) is 20.0. The van der Waals surface area contributed by atoms with Crippen LogP contribution in [0, 0.1) is 6.92 Å². The average Bonchev–Trinajstić information content (AvgIpc) is 2.97. The first kappa shape index (κ1) is 17.7. The van der Waals surface area contributed by atoms with E-state index in [1.807, 2.05) is 13.1 Å². The molecule has 0 aliphatic heterocycles. The molecule has 0 unspecified atom stereocenters. The molecule has 5 rings (SSSR count). The minimum atomic E-state index is 0.00398. The summed E-state index contributed by atoms with van der Waals surface area (Å²) in [6.45, 7) is 6.64. The van der Waals surface area contributed by atoms with E-state index in [0.717, 1.165) is 28.2 Å². The third-order valence-corrected chi connectivity index (χ3v) is 6.01. The molecule has 0 saturated carbocycles. The molecule has 0 radical (unpaired) electrons. The largest absolute Gasteiger partial charge is 0.355 e. The number of aryl methyl sites for hydroxylation is 1. The maximum atomic E-state index is 4.47. The van der Waals surface area contributed by atoms with Crippen LogP contribution in [0.5, 0.6) is 0 Å². The molecule has 0 saturated heterocycles. The lowest BCUT2D eigenvalue weighted by atomic mass is 9.82. The quantitative estimate of drug-likeness (QED) is 0.412. The van der Waals surface area contributed by atoms with Crippen LogP contribution in [0.4, 0.5) is 11.4 Å². The molecule has 1 aliphatic carbocycles. The highest BCUT2D eigenvalue weighted by Crippen LogP contribution is 2.49. The molecule has 1 N–H and O–H groups in total. The van der Waals surface area contributed by atoms with Gasteiger partial charge in [-0.25, -0.2) is 0 Å². The topological polar surface area (TPSA) is 24.9 Å². The maximum Gasteiger partial charge on any atom is 0.0464 e. The van der Waals surface area contributed by atoms with Crippen LogP contribution in [0.3, 0.4) is 0 Å². The standard InChI is InChI=1S/C27H24N2/c1-18-12-13-19(17-28-18)21-8-5-7-11-26(21)29-20-14-15-23-22-9-4-6-10-24(22)27(2,3)25(23)16-20/h4-17,29H,1-3H3. The Morgan fingerprint density at radius 2 is 1.45 bits per heavy atom. The van der Waals surface area contributed by atoms with Crippen molar-refractivity contribution in [3.63, 3.8) is 0 Å². The molecule has 2 heteroatoms. The summed E-state index contributed by atoms with van der Waals surface area (Å²) < 4.78 is 0. The lowest BCUT2D eigenvalue weighted by molar-refractivity contribution is 0.660. The van der Waals surface area contributed by atoms with Crippen LogP contribution in [0.15, 0.2) is 85.1 Å². The summed E-state index contributed by atoms with van der Waals surface area (Å²) in [6.07, 6.45) is 1.94. The SMILES string of the molecule is Cc1ccc(-c2ccccc2Nc2ccc3c(c2)C(C)(C)c2ccccc2-3)cn1. The lowest BCUT2D eigenvalue weighted by Gasteiger charge is -2.22. The number of fused-ring (bicyclic) bond motifs is 3. The van der Waals surface area contributed by atoms with Gasteiger partial charge in [-0.3, -0.25) is 4.98 Å². The van der Waals surface area contributed by atoms with Crippen LogP contribution in [0.2, 0.25) is 0 Å². The molecule has 1 aliphatic rings. The fourth-order valence-corrected chi connectivity index (χ4v) is 4.41. The van der Waals surface area contributed by atoms with Crippen molar-refractivity contribution >= 4 is 11.4 Å². The summed E-state index contributed by atoms with van der Waals surface area (Å²) in [5.74, 6) is 0. The number of benzene rings is 3. The minimum Gasteiger partial charge on any atom is -0.355 e. The molecule has 3 aromatic carbocycles. The number of hydrogen-bond acceptors (Lipinski definition) is 2. The second kappa shape index (κ2) is 6.59. The Labute approximate surface area is 172 Å². The highest BCUT2D eigenvalue weighted by molar-refractivity contribution is 5.85. The number of rotatable bonds is 3. The van der Waals surface area contributed by atoms with E-state index in [1.165, 1.54) is 22.3 Å². The molecular weight excluding hydrogens is 352 g/mol. The first-order chi connectivity index (χ1) is 14.0. The molecule has 0 bridgehead atoms. The van der Waals surface area contributed by atoms with E-state index in [9.17, 15) is 0 Å². The Morgan fingerprint density at radius 3 is 2.24 bits per heavy atom. The zero-order valence-electron chi connectivity index (χ0n) is 17.0. The van der Waals surface area contributed by atoms with Gasteiger partial charge in [0.15, 0.2) is 0 Å². The Bertz CT molecular complexity index is 1200. The zero-order valence-corrected chi connectivity index (χ0v) is 17.0. The molecule has 1 heterocycles. The first-order valence-corrected chi connectivity index (χ1v) is 10.1. The smallest absolute Gasteiger partial charge is 0.0464 e. The number of para-hydroxylation sites is 1. The van der Waals surface area contributed by atoms with Gasteiger partial charge in [-0.05, 0) is 53.4 Å². The van der Waals surface area contributed by atoms with Crippen molar-refractivity contribution in [1.29, 1.82) is 0 Å². The van der Waals surface area contributed by atoms with Gasteiger partial charge < -0.3 is 5.32 Å². The van der Waals surface area contributed by atoms with Crippen LogP contribution >= 0.6 is 0 Å². The first-order valence-electron chi connectivity index (χ1n) is 10.1. The fourth-order valence-electron chi connectivity index (χ4n) is 4.41. The Morgan fingerprint density at radius 1 is 0.724 bits per heavy atom. The molecule has 0 atom stereocenters. The second-order valence-electron chi connectivity index (χ2n) is 8.29. The van der Waals surface area contributed by atoms with E-state index >= 15 is 0 Å². The van der Waals surface area contributed by atoms with Crippen molar-refractivity contribution in [2.24, 2.45) is 0 Å². The van der Waals surface area contributed by atoms with Crippen LogP contribution < -0.4 is 5.32 Å². The van der Waals surface area contributed by atoms with Gasteiger partial charge in [-0.1, -0.05) is 68.4 Å². The molecule has 4 aromatic rings. The molecule has 2 nitrogen and oxygen atoms in total. The summed E-state index contributed by atoms with van der Waals surface area (Å²) in [4.78, 5) is 4.47. The normalized spacial score (nSPS) is 13.6. The van der Waals surface area contributed by atoms with Gasteiger partial charge in [-0.15, -0.1) is 0 Å². The van der Waals surface area contributed by atoms with Crippen LogP contribution in [-0.4, -0.2) is 4.98 Å². The summed E-state index contributed by atoms with van der Waals surface area (Å²) in [6, 6.07) is 28.1. The lowest BCUT2D eigenvalue weighted by Crippen LogP contribution is -2.15. The van der Waals surface area contributed by atoms with Crippen molar-refractivity contribution < 1.29 is 0 Å². The summed E-state index contributed by atoms with van der Waals surface area (Å²) in [7, 11) is 0. The van der Waals surface area contributed by atoms with Gasteiger partial charge in [0.05, 0.1) is 0 Å². The monoisotopic (exact) mass is 376 g/mol. The van der Waals surface area contributed by atoms with Gasteiger partial charge in [0, 0.05) is 39.8 Å². The molecule has 142 valence electrons. The van der Waals surface area contributed by atoms with Gasteiger partial charge >= 0.3 is 0 Å². The molecule has 0 fully saturated rings. The highest BCUT2D eigenvalue weighted by Gasteiger charge is 2.35. The Kier molecular flexibility index (Phi) is 4.02. The third kappa shape index (κ3) is 2.92. The third-order valence-electron chi connectivity index (χ3n) is 6.01. The van der Waals surface area contributed by atoms with Crippen LogP contribution in [0.25, 0.3) is 22.3 Å². The Hall–Kier alpha value is -3.39. The fraction of sp³-hybridized carbons (Fsp3) is 0.148. The van der Waals surface area contributed by atoms with Gasteiger partial charge in [-0.2, -0.15) is 0 Å². The van der Waals surface area contributed by atoms with Crippen molar-refractivity contribution in [2.75, 3.05) is 5.32 Å². The summed E-state index contributed by atoms with van der Waals surface area (Å²) in [5.41, 5.74) is 11.0. The molecule has 1 aromatic heterocycles.